The van der Waals surface area contributed by atoms with Crippen molar-refractivity contribution in [1.82, 2.24) is 10.2 Å². The second-order valence-electron chi connectivity index (χ2n) is 6.18. The summed E-state index contributed by atoms with van der Waals surface area (Å²) in [7, 11) is 2.17. The van der Waals surface area contributed by atoms with Crippen LogP contribution in [0, 0.1) is 6.92 Å². The number of aryl methyl sites for hydroxylation is 1. The lowest BCUT2D eigenvalue weighted by Gasteiger charge is -2.26. The Kier molecular flexibility index (Phi) is 5.24. The minimum atomic E-state index is 0.328. The third kappa shape index (κ3) is 3.84. The average Bonchev–Trinajstić information content (AvgIpc) is 2.94. The van der Waals surface area contributed by atoms with Crippen LogP contribution in [0.25, 0.3) is 0 Å². The molecule has 1 aromatic rings. The molecule has 2 unspecified atom stereocenters. The lowest BCUT2D eigenvalue weighted by atomic mass is 10.1. The number of furan rings is 1. The SMILES string of the molecule is Cc1oc(CNC(C)C)cc1CN(C)C1CCOC1C. The molecule has 0 bridgehead atoms. The molecule has 2 heterocycles. The van der Waals surface area contributed by atoms with Crippen molar-refractivity contribution in [1.29, 1.82) is 0 Å². The van der Waals surface area contributed by atoms with Crippen LogP contribution in [0.1, 0.15) is 44.3 Å². The molecule has 0 aliphatic carbocycles. The molecule has 0 radical (unpaired) electrons. The maximum absolute atomic E-state index is 5.83. The molecule has 1 fully saturated rings. The third-order valence-electron chi connectivity index (χ3n) is 4.08. The van der Waals surface area contributed by atoms with Gasteiger partial charge in [0.25, 0.3) is 0 Å². The Hall–Kier alpha value is -0.840. The largest absolute Gasteiger partial charge is 0.465 e. The molecule has 114 valence electrons. The lowest BCUT2D eigenvalue weighted by molar-refractivity contribution is 0.0813. The van der Waals surface area contributed by atoms with Crippen LogP contribution in [0.5, 0.6) is 0 Å². The molecular weight excluding hydrogens is 252 g/mol. The summed E-state index contributed by atoms with van der Waals surface area (Å²) in [6.07, 6.45) is 1.45. The highest BCUT2D eigenvalue weighted by atomic mass is 16.5. The molecule has 2 rings (SSSR count). The van der Waals surface area contributed by atoms with Crippen molar-refractivity contribution < 1.29 is 9.15 Å². The van der Waals surface area contributed by atoms with Gasteiger partial charge in [0, 0.05) is 30.8 Å². The van der Waals surface area contributed by atoms with Gasteiger partial charge in [-0.25, -0.2) is 0 Å². The van der Waals surface area contributed by atoms with Gasteiger partial charge in [-0.3, -0.25) is 4.90 Å². The molecule has 1 aromatic heterocycles. The van der Waals surface area contributed by atoms with Crippen LogP contribution < -0.4 is 5.32 Å². The number of nitrogens with one attached hydrogen (secondary N) is 1. The summed E-state index contributed by atoms with van der Waals surface area (Å²) in [6, 6.07) is 3.17. The Morgan fingerprint density at radius 1 is 1.45 bits per heavy atom. The summed E-state index contributed by atoms with van der Waals surface area (Å²) in [6.45, 7) is 11.1. The van der Waals surface area contributed by atoms with Crippen molar-refractivity contribution in [3.05, 3.63) is 23.2 Å². The first-order chi connectivity index (χ1) is 9.47. The molecule has 1 saturated heterocycles. The molecule has 4 nitrogen and oxygen atoms in total. The molecule has 1 aliphatic heterocycles. The third-order valence-corrected chi connectivity index (χ3v) is 4.08. The minimum absolute atomic E-state index is 0.328. The number of ether oxygens (including phenoxy) is 1. The zero-order valence-corrected chi connectivity index (χ0v) is 13.4. The highest BCUT2D eigenvalue weighted by Crippen LogP contribution is 2.22. The van der Waals surface area contributed by atoms with Crippen molar-refractivity contribution in [2.45, 2.75) is 65.4 Å². The van der Waals surface area contributed by atoms with Crippen LogP contribution in [-0.4, -0.2) is 36.7 Å². The molecule has 0 amide bonds. The zero-order chi connectivity index (χ0) is 14.7. The van der Waals surface area contributed by atoms with E-state index in [-0.39, 0.29) is 0 Å². The summed E-state index contributed by atoms with van der Waals surface area (Å²) in [5.74, 6) is 2.05. The number of hydrogen-bond donors (Lipinski definition) is 1. The second kappa shape index (κ2) is 6.74. The molecule has 0 spiro atoms. The monoisotopic (exact) mass is 280 g/mol. The Balaban J connectivity index is 1.95. The fraction of sp³-hybridized carbons (Fsp3) is 0.750. The van der Waals surface area contributed by atoms with E-state index < -0.39 is 0 Å². The van der Waals surface area contributed by atoms with Crippen LogP contribution >= 0.6 is 0 Å². The van der Waals surface area contributed by atoms with Crippen LogP contribution in [0.15, 0.2) is 10.5 Å². The fourth-order valence-electron chi connectivity index (χ4n) is 2.82. The first kappa shape index (κ1) is 15.5. The number of nitrogens with zero attached hydrogens (tertiary/aromatic N) is 1. The summed E-state index contributed by atoms with van der Waals surface area (Å²) in [5, 5.41) is 3.39. The molecule has 1 aliphatic rings. The summed E-state index contributed by atoms with van der Waals surface area (Å²) >= 11 is 0. The smallest absolute Gasteiger partial charge is 0.118 e. The Morgan fingerprint density at radius 3 is 2.80 bits per heavy atom. The molecule has 0 aromatic carbocycles. The molecular formula is C16H28N2O2. The van der Waals surface area contributed by atoms with Gasteiger partial charge < -0.3 is 14.5 Å². The average molecular weight is 280 g/mol. The summed E-state index contributed by atoms with van der Waals surface area (Å²) in [5.41, 5.74) is 1.28. The minimum Gasteiger partial charge on any atom is -0.465 e. The Morgan fingerprint density at radius 2 is 2.20 bits per heavy atom. The Bertz CT molecular complexity index is 428. The van der Waals surface area contributed by atoms with Gasteiger partial charge in [0.1, 0.15) is 11.5 Å². The van der Waals surface area contributed by atoms with Gasteiger partial charge in [-0.15, -0.1) is 0 Å². The molecule has 1 N–H and O–H groups in total. The van der Waals surface area contributed by atoms with Crippen LogP contribution in [-0.2, 0) is 17.8 Å². The van der Waals surface area contributed by atoms with Crippen molar-refractivity contribution in [3.8, 4) is 0 Å². The van der Waals surface area contributed by atoms with Crippen LogP contribution in [0.2, 0.25) is 0 Å². The zero-order valence-electron chi connectivity index (χ0n) is 13.4. The normalized spacial score (nSPS) is 23.1. The van der Waals surface area contributed by atoms with E-state index >= 15 is 0 Å². The van der Waals surface area contributed by atoms with Gasteiger partial charge >= 0.3 is 0 Å². The van der Waals surface area contributed by atoms with E-state index in [1.165, 1.54) is 5.56 Å². The van der Waals surface area contributed by atoms with E-state index in [9.17, 15) is 0 Å². The lowest BCUT2D eigenvalue weighted by Crippen LogP contribution is -2.36. The number of likely N-dealkylation sites (N-methyl/N-ethyl adjacent to an activating group) is 1. The second-order valence-corrected chi connectivity index (χ2v) is 6.18. The highest BCUT2D eigenvalue weighted by Gasteiger charge is 2.28. The molecule has 20 heavy (non-hydrogen) atoms. The number of hydrogen-bond acceptors (Lipinski definition) is 4. The van der Waals surface area contributed by atoms with E-state index in [1.54, 1.807) is 0 Å². The van der Waals surface area contributed by atoms with E-state index in [1.807, 2.05) is 0 Å². The maximum atomic E-state index is 5.83. The standard InChI is InChI=1S/C16H28N2O2/c1-11(2)17-9-15-8-14(12(3)20-15)10-18(5)16-6-7-19-13(16)4/h8,11,13,16-17H,6-7,9-10H2,1-5H3. The topological polar surface area (TPSA) is 37.6 Å². The maximum Gasteiger partial charge on any atom is 0.118 e. The summed E-state index contributed by atoms with van der Waals surface area (Å²) in [4.78, 5) is 2.38. The van der Waals surface area contributed by atoms with Gasteiger partial charge in [0.15, 0.2) is 0 Å². The highest BCUT2D eigenvalue weighted by molar-refractivity contribution is 5.21. The predicted octanol–water partition coefficient (Wildman–Crippen LogP) is 2.70. The predicted molar refractivity (Wildman–Crippen MR) is 80.7 cm³/mol. The first-order valence-corrected chi connectivity index (χ1v) is 7.60. The van der Waals surface area contributed by atoms with Gasteiger partial charge in [-0.05, 0) is 33.4 Å². The Labute approximate surface area is 122 Å². The van der Waals surface area contributed by atoms with Crippen molar-refractivity contribution in [2.75, 3.05) is 13.7 Å². The van der Waals surface area contributed by atoms with Gasteiger partial charge in [-0.2, -0.15) is 0 Å². The van der Waals surface area contributed by atoms with Crippen LogP contribution in [0.4, 0.5) is 0 Å². The van der Waals surface area contributed by atoms with Crippen LogP contribution in [0.3, 0.4) is 0 Å². The molecule has 0 saturated carbocycles. The summed E-state index contributed by atoms with van der Waals surface area (Å²) < 4.78 is 11.5. The van der Waals surface area contributed by atoms with Crippen molar-refractivity contribution in [3.63, 3.8) is 0 Å². The van der Waals surface area contributed by atoms with Gasteiger partial charge in [-0.1, -0.05) is 13.8 Å². The van der Waals surface area contributed by atoms with E-state index in [0.29, 0.717) is 18.2 Å². The van der Waals surface area contributed by atoms with Gasteiger partial charge in [0.05, 0.1) is 12.6 Å². The number of rotatable bonds is 6. The molecule has 2 atom stereocenters. The first-order valence-electron chi connectivity index (χ1n) is 7.60. The molecule has 4 heteroatoms. The quantitative estimate of drug-likeness (QED) is 0.869. The van der Waals surface area contributed by atoms with E-state index in [0.717, 1.165) is 37.6 Å². The van der Waals surface area contributed by atoms with E-state index in [2.05, 4.69) is 51.0 Å². The van der Waals surface area contributed by atoms with Crippen molar-refractivity contribution in [2.24, 2.45) is 0 Å². The fourth-order valence-corrected chi connectivity index (χ4v) is 2.82. The van der Waals surface area contributed by atoms with Gasteiger partial charge in [0.2, 0.25) is 0 Å². The van der Waals surface area contributed by atoms with E-state index in [4.69, 9.17) is 9.15 Å². The van der Waals surface area contributed by atoms with Crippen molar-refractivity contribution >= 4 is 0 Å².